The average Bonchev–Trinajstić information content (AvgIpc) is 3.08. The predicted molar refractivity (Wildman–Crippen MR) is 76.5 cm³/mol. The van der Waals surface area contributed by atoms with Gasteiger partial charge in [-0.2, -0.15) is 0 Å². The van der Waals surface area contributed by atoms with Gasteiger partial charge in [-0.25, -0.2) is 0 Å². The number of hydrogen-bond acceptors (Lipinski definition) is 7. The minimum atomic E-state index is -1.47. The highest BCUT2D eigenvalue weighted by molar-refractivity contribution is 8.04. The van der Waals surface area contributed by atoms with Crippen molar-refractivity contribution < 1.29 is 19.1 Å². The maximum absolute atomic E-state index is 12.1. The number of rotatable bonds is 4. The van der Waals surface area contributed by atoms with Crippen LogP contribution in [0.3, 0.4) is 0 Å². The first kappa shape index (κ1) is 14.3. The van der Waals surface area contributed by atoms with Gasteiger partial charge in [0.15, 0.2) is 0 Å². The van der Waals surface area contributed by atoms with Gasteiger partial charge in [0.1, 0.15) is 0 Å². The van der Waals surface area contributed by atoms with Gasteiger partial charge in [0.25, 0.3) is 11.1 Å². The predicted octanol–water partition coefficient (Wildman–Crippen LogP) is 0.837. The van der Waals surface area contributed by atoms with E-state index in [1.807, 2.05) is 6.92 Å². The molecular weight excluding hydrogens is 306 g/mol. The summed E-state index contributed by atoms with van der Waals surface area (Å²) in [7, 11) is 0. The molecule has 2 heterocycles. The molecule has 1 aromatic heterocycles. The molecular formula is C14H10N3O4S-. The third kappa shape index (κ3) is 2.48. The summed E-state index contributed by atoms with van der Waals surface area (Å²) in [6.45, 7) is 1.83. The molecule has 8 heteroatoms. The summed E-state index contributed by atoms with van der Waals surface area (Å²) < 4.78 is 5.28. The van der Waals surface area contributed by atoms with Gasteiger partial charge in [-0.15, -0.1) is 10.2 Å². The van der Waals surface area contributed by atoms with Crippen LogP contribution in [0.2, 0.25) is 0 Å². The number of benzene rings is 1. The third-order valence-corrected chi connectivity index (χ3v) is 3.94. The van der Waals surface area contributed by atoms with Crippen LogP contribution in [0.1, 0.15) is 18.4 Å². The van der Waals surface area contributed by atoms with Crippen molar-refractivity contribution in [1.29, 1.82) is 0 Å². The average molecular weight is 316 g/mol. The first-order chi connectivity index (χ1) is 10.6. The number of carboxylic acid groups (broad SMARTS) is 1. The number of anilines is 1. The Morgan fingerprint density at radius 3 is 2.82 bits per heavy atom. The summed E-state index contributed by atoms with van der Waals surface area (Å²) in [5.74, 6) is -1.58. The fraction of sp³-hybridized carbons (Fsp3) is 0.143. The van der Waals surface area contributed by atoms with E-state index in [4.69, 9.17) is 4.42 Å². The molecule has 1 aliphatic heterocycles. The van der Waals surface area contributed by atoms with Crippen LogP contribution in [0.25, 0.3) is 5.57 Å². The number of hydrogen-bond donors (Lipinski definition) is 1. The lowest BCUT2D eigenvalue weighted by molar-refractivity contribution is -0.298. The van der Waals surface area contributed by atoms with Crippen molar-refractivity contribution in [3.05, 3.63) is 40.6 Å². The molecule has 0 saturated heterocycles. The summed E-state index contributed by atoms with van der Waals surface area (Å²) in [4.78, 5) is 23.3. The van der Waals surface area contributed by atoms with Gasteiger partial charge in [-0.05, 0) is 17.8 Å². The largest absolute Gasteiger partial charge is 0.544 e. The van der Waals surface area contributed by atoms with Gasteiger partial charge in [0, 0.05) is 17.7 Å². The van der Waals surface area contributed by atoms with Gasteiger partial charge in [-0.1, -0.05) is 25.1 Å². The number of aliphatic carboxylic acids is 1. The Morgan fingerprint density at radius 1 is 1.36 bits per heavy atom. The molecule has 0 radical (unpaired) electrons. The van der Waals surface area contributed by atoms with Crippen LogP contribution in [0.4, 0.5) is 5.69 Å². The molecule has 1 amide bonds. The highest BCUT2D eigenvalue weighted by Gasteiger charge is 2.28. The normalized spacial score (nSPS) is 15.4. The number of aromatic nitrogens is 2. The Kier molecular flexibility index (Phi) is 3.68. The summed E-state index contributed by atoms with van der Waals surface area (Å²) in [5, 5.41) is 21.7. The number of carbonyl (C=O) groups is 2. The van der Waals surface area contributed by atoms with Gasteiger partial charge in [-0.3, -0.25) is 4.79 Å². The number of amides is 1. The van der Waals surface area contributed by atoms with E-state index < -0.39 is 11.9 Å². The van der Waals surface area contributed by atoms with E-state index in [1.54, 1.807) is 24.3 Å². The van der Waals surface area contributed by atoms with Crippen molar-refractivity contribution in [2.45, 2.75) is 18.6 Å². The lowest BCUT2D eigenvalue weighted by Gasteiger charge is -2.08. The number of aryl methyl sites for hydroxylation is 1. The summed E-state index contributed by atoms with van der Waals surface area (Å²) in [5.41, 5.74) is 1.10. The molecule has 112 valence electrons. The zero-order valence-electron chi connectivity index (χ0n) is 11.5. The van der Waals surface area contributed by atoms with Crippen molar-refractivity contribution in [3.63, 3.8) is 0 Å². The number of nitrogens with one attached hydrogen (secondary N) is 1. The number of thioether (sulfide) groups is 1. The Bertz CT molecular complexity index is 797. The monoisotopic (exact) mass is 316 g/mol. The van der Waals surface area contributed by atoms with Crippen molar-refractivity contribution >= 4 is 34.9 Å². The fourth-order valence-corrected chi connectivity index (χ4v) is 2.83. The summed E-state index contributed by atoms with van der Waals surface area (Å²) in [6, 6.07) is 6.83. The van der Waals surface area contributed by atoms with Crippen LogP contribution in [0, 0.1) is 0 Å². The Morgan fingerprint density at radius 2 is 2.14 bits per heavy atom. The first-order valence-electron chi connectivity index (χ1n) is 6.46. The van der Waals surface area contributed by atoms with E-state index in [2.05, 4.69) is 15.5 Å². The molecule has 0 atom stereocenters. The third-order valence-electron chi connectivity index (χ3n) is 3.02. The van der Waals surface area contributed by atoms with Crippen LogP contribution < -0.4 is 10.4 Å². The Hall–Kier alpha value is -2.61. The number of fused-ring (bicyclic) bond motifs is 1. The smallest absolute Gasteiger partial charge is 0.281 e. The Labute approximate surface area is 129 Å². The van der Waals surface area contributed by atoms with E-state index in [1.165, 1.54) is 0 Å². The molecule has 0 fully saturated rings. The van der Waals surface area contributed by atoms with Crippen molar-refractivity contribution in [1.82, 2.24) is 10.2 Å². The van der Waals surface area contributed by atoms with Gasteiger partial charge < -0.3 is 19.6 Å². The molecule has 1 aromatic carbocycles. The quantitative estimate of drug-likeness (QED) is 0.657. The number of carboxylic acids is 1. The molecule has 3 rings (SSSR count). The zero-order chi connectivity index (χ0) is 15.7. The van der Waals surface area contributed by atoms with Crippen LogP contribution in [0.5, 0.6) is 0 Å². The lowest BCUT2D eigenvalue weighted by Crippen LogP contribution is -2.25. The van der Waals surface area contributed by atoms with Crippen molar-refractivity contribution in [2.24, 2.45) is 0 Å². The minimum Gasteiger partial charge on any atom is -0.544 e. The SMILES string of the molecule is CCc1nnc(S/C(C(=O)[O-])=C2/C(=O)Nc3ccccc32)o1. The molecule has 22 heavy (non-hydrogen) atoms. The van der Waals surface area contributed by atoms with Crippen LogP contribution in [-0.4, -0.2) is 22.1 Å². The molecule has 0 aliphatic carbocycles. The number of carbonyl (C=O) groups excluding carboxylic acids is 2. The van der Waals surface area contributed by atoms with Crippen molar-refractivity contribution in [2.75, 3.05) is 5.32 Å². The Balaban J connectivity index is 2.07. The molecule has 1 N–H and O–H groups in total. The van der Waals surface area contributed by atoms with Crippen molar-refractivity contribution in [3.8, 4) is 0 Å². The molecule has 1 aliphatic rings. The number of para-hydroxylation sites is 1. The fourth-order valence-electron chi connectivity index (χ4n) is 2.05. The molecule has 2 aromatic rings. The lowest BCUT2D eigenvalue weighted by atomic mass is 10.1. The van der Waals surface area contributed by atoms with Crippen LogP contribution >= 0.6 is 11.8 Å². The summed E-state index contributed by atoms with van der Waals surface area (Å²) in [6.07, 6.45) is 0.536. The van der Waals surface area contributed by atoms with Crippen LogP contribution in [0.15, 0.2) is 38.8 Å². The van der Waals surface area contributed by atoms with Crippen LogP contribution in [-0.2, 0) is 16.0 Å². The standard InChI is InChI=1S/C14H11N3O4S/c1-2-9-16-17-14(21-9)22-11(13(19)20)10-7-5-3-4-6-8(7)15-12(10)18/h3-6H,2H2,1H3,(H,15,18)(H,19,20)/p-1/b11-10+. The maximum atomic E-state index is 12.1. The second-order valence-electron chi connectivity index (χ2n) is 4.41. The summed E-state index contributed by atoms with van der Waals surface area (Å²) >= 11 is 0.714. The van der Waals surface area contributed by atoms with E-state index in [-0.39, 0.29) is 15.7 Å². The first-order valence-corrected chi connectivity index (χ1v) is 7.28. The topological polar surface area (TPSA) is 108 Å². The van der Waals surface area contributed by atoms with Gasteiger partial charge in [0.05, 0.1) is 16.4 Å². The zero-order valence-corrected chi connectivity index (χ0v) is 12.3. The molecule has 0 bridgehead atoms. The highest BCUT2D eigenvalue weighted by atomic mass is 32.2. The maximum Gasteiger partial charge on any atom is 0.281 e. The number of nitrogens with zero attached hydrogens (tertiary/aromatic N) is 2. The molecule has 0 unspecified atom stereocenters. The van der Waals surface area contributed by atoms with E-state index in [0.717, 1.165) is 0 Å². The van der Waals surface area contributed by atoms with Gasteiger partial charge in [0.2, 0.25) is 5.89 Å². The second kappa shape index (κ2) is 5.64. The van der Waals surface area contributed by atoms with E-state index in [9.17, 15) is 14.7 Å². The minimum absolute atomic E-state index is 0.0387. The molecule has 7 nitrogen and oxygen atoms in total. The van der Waals surface area contributed by atoms with Gasteiger partial charge >= 0.3 is 0 Å². The molecule has 0 saturated carbocycles. The van der Waals surface area contributed by atoms with E-state index >= 15 is 0 Å². The molecule has 0 spiro atoms. The van der Waals surface area contributed by atoms with E-state index in [0.29, 0.717) is 35.3 Å². The second-order valence-corrected chi connectivity index (χ2v) is 5.37. The highest BCUT2D eigenvalue weighted by Crippen LogP contribution is 2.38.